The van der Waals surface area contributed by atoms with Crippen molar-refractivity contribution in [1.82, 2.24) is 0 Å². The summed E-state index contributed by atoms with van der Waals surface area (Å²) in [4.78, 5) is 4.72. The molecule has 0 fully saturated rings. The summed E-state index contributed by atoms with van der Waals surface area (Å²) in [6, 6.07) is 101. The van der Waals surface area contributed by atoms with Gasteiger partial charge in [-0.2, -0.15) is 0 Å². The molecule has 0 saturated carbocycles. The number of anilines is 6. The number of rotatable bonds is 8. The minimum Gasteiger partial charge on any atom is -0.456 e. The Morgan fingerprint density at radius 3 is 1.35 bits per heavy atom. The zero-order valence-corrected chi connectivity index (χ0v) is 45.7. The molecule has 83 heavy (non-hydrogen) atoms. The van der Waals surface area contributed by atoms with Gasteiger partial charge in [0.05, 0.1) is 5.39 Å². The number of hydrogen-bond acceptors (Lipinski definition) is 5. The Labute approximate surface area is 481 Å². The molecule has 2 aliphatic carbocycles. The van der Waals surface area contributed by atoms with Crippen molar-refractivity contribution in [2.24, 2.45) is 0 Å². The van der Waals surface area contributed by atoms with Crippen LogP contribution in [-0.2, 0) is 10.8 Å². The van der Waals surface area contributed by atoms with Crippen molar-refractivity contribution in [2.75, 3.05) is 9.80 Å². The maximum Gasteiger partial charge on any atom is 0.178 e. The van der Waals surface area contributed by atoms with E-state index >= 15 is 0 Å². The van der Waals surface area contributed by atoms with Gasteiger partial charge in [-0.25, -0.2) is 0 Å². The SMILES string of the molecule is CC1(C)c2ccccc2-c2ccc(N(c3ccc(-c4ccccc4)cc3)c3ccc4c(c3)Oc3c(oc5ccc(N(c6ccc(-c7ccccc7)cc6)c6ccc7oc8ccccc8c7c6)cc35)C43c4ccccc4-c4ccccc43)cc21. The third-order valence-corrected chi connectivity index (χ3v) is 17.9. The topological polar surface area (TPSA) is 42.0 Å². The first-order valence-electron chi connectivity index (χ1n) is 28.5. The lowest BCUT2D eigenvalue weighted by Crippen LogP contribution is -2.31. The standard InChI is InChI=1S/C78H52N2O3/c1-77(2)66-25-13-9-21-59(66)62-41-37-57(47-70(62)77)80(54-35-31-52(32-36-54)50-19-7-4-8-20-50)58-38-42-69-74(48-58)82-75-65-46-56(40-44-73(65)83-76(75)78(69)67-26-14-10-22-60(67)61-23-11-15-27-68(61)78)79(53-33-29-51(30-34-53)49-17-5-3-6-18-49)55-39-43-72-64(45-55)63-24-12-16-28-71(63)81-72/h3-48H,1-2H3. The van der Waals surface area contributed by atoms with Gasteiger partial charge in [0.2, 0.25) is 0 Å². The molecule has 2 aromatic heterocycles. The van der Waals surface area contributed by atoms with E-state index in [9.17, 15) is 0 Å². The molecule has 1 aliphatic heterocycles. The van der Waals surface area contributed by atoms with Crippen LogP contribution in [0.3, 0.4) is 0 Å². The van der Waals surface area contributed by atoms with Gasteiger partial charge in [-0.1, -0.05) is 202 Å². The fraction of sp³-hybridized carbons (Fsp3) is 0.0513. The molecule has 3 heterocycles. The first-order valence-corrected chi connectivity index (χ1v) is 28.5. The normalized spacial score (nSPS) is 13.7. The lowest BCUT2D eigenvalue weighted by Gasteiger charge is -2.37. The second-order valence-corrected chi connectivity index (χ2v) is 22.7. The van der Waals surface area contributed by atoms with E-state index in [0.29, 0.717) is 5.75 Å². The van der Waals surface area contributed by atoms with Crippen molar-refractivity contribution >= 4 is 67.0 Å². The minimum absolute atomic E-state index is 0.196. The average molecular weight is 1070 g/mol. The molecule has 0 unspecified atom stereocenters. The van der Waals surface area contributed by atoms with Gasteiger partial charge in [-0.15, -0.1) is 0 Å². The second-order valence-electron chi connectivity index (χ2n) is 22.7. The molecule has 14 aromatic rings. The third-order valence-electron chi connectivity index (χ3n) is 17.9. The molecule has 0 bridgehead atoms. The highest BCUT2D eigenvalue weighted by atomic mass is 16.5. The Bertz CT molecular complexity index is 4870. The van der Waals surface area contributed by atoms with Gasteiger partial charge in [0.15, 0.2) is 11.5 Å². The van der Waals surface area contributed by atoms with Gasteiger partial charge < -0.3 is 23.4 Å². The van der Waals surface area contributed by atoms with Crippen molar-refractivity contribution in [3.63, 3.8) is 0 Å². The molecule has 0 atom stereocenters. The summed E-state index contributed by atoms with van der Waals surface area (Å²) in [6.45, 7) is 4.70. The van der Waals surface area contributed by atoms with Crippen LogP contribution in [0.4, 0.5) is 34.1 Å². The first-order chi connectivity index (χ1) is 40.9. The average Bonchev–Trinajstić information content (AvgIpc) is 1.73. The van der Waals surface area contributed by atoms with Gasteiger partial charge in [0, 0.05) is 61.9 Å². The summed E-state index contributed by atoms with van der Waals surface area (Å²) in [6.07, 6.45) is 0. The van der Waals surface area contributed by atoms with Crippen molar-refractivity contribution in [3.8, 4) is 56.0 Å². The smallest absolute Gasteiger partial charge is 0.178 e. The summed E-state index contributed by atoms with van der Waals surface area (Å²) in [7, 11) is 0. The Kier molecular flexibility index (Phi) is 10.2. The maximum absolute atomic E-state index is 7.59. The molecule has 0 N–H and O–H groups in total. The van der Waals surface area contributed by atoms with E-state index in [-0.39, 0.29) is 5.41 Å². The second kappa shape index (κ2) is 17.9. The summed E-state index contributed by atoms with van der Waals surface area (Å²) in [5, 5.41) is 3.01. The highest BCUT2D eigenvalue weighted by molar-refractivity contribution is 6.07. The van der Waals surface area contributed by atoms with Crippen molar-refractivity contribution in [1.29, 1.82) is 0 Å². The lowest BCUT2D eigenvalue weighted by atomic mass is 9.69. The van der Waals surface area contributed by atoms with Gasteiger partial charge >= 0.3 is 0 Å². The van der Waals surface area contributed by atoms with Crippen molar-refractivity contribution in [3.05, 3.63) is 313 Å². The van der Waals surface area contributed by atoms with Crippen LogP contribution in [0.1, 0.15) is 47.4 Å². The molecule has 0 saturated heterocycles. The number of fused-ring (bicyclic) bond motifs is 17. The van der Waals surface area contributed by atoms with E-state index < -0.39 is 5.41 Å². The van der Waals surface area contributed by atoms with E-state index in [1.807, 2.05) is 12.1 Å². The highest BCUT2D eigenvalue weighted by Gasteiger charge is 2.54. The Hall–Kier alpha value is -10.6. The van der Waals surface area contributed by atoms with Gasteiger partial charge in [0.25, 0.3) is 0 Å². The number of nitrogens with zero attached hydrogens (tertiary/aromatic N) is 2. The Morgan fingerprint density at radius 1 is 0.289 bits per heavy atom. The van der Waals surface area contributed by atoms with Gasteiger partial charge in [0.1, 0.15) is 27.9 Å². The minimum atomic E-state index is -0.848. The summed E-state index contributed by atoms with van der Waals surface area (Å²) in [5.74, 6) is 2.23. The monoisotopic (exact) mass is 1060 g/mol. The van der Waals surface area contributed by atoms with E-state index in [2.05, 4.69) is 291 Å². The van der Waals surface area contributed by atoms with E-state index in [4.69, 9.17) is 13.6 Å². The number of para-hydroxylation sites is 1. The third kappa shape index (κ3) is 7.01. The molecular formula is C78H52N2O3. The largest absolute Gasteiger partial charge is 0.456 e. The summed E-state index contributed by atoms with van der Waals surface area (Å²) >= 11 is 0. The number of furan rings is 2. The molecule has 3 aliphatic rings. The van der Waals surface area contributed by atoms with Crippen molar-refractivity contribution in [2.45, 2.75) is 24.7 Å². The Balaban J connectivity index is 0.870. The summed E-state index contributed by atoms with van der Waals surface area (Å²) < 4.78 is 21.4. The molecule has 5 nitrogen and oxygen atoms in total. The zero-order valence-electron chi connectivity index (χ0n) is 45.7. The quantitative estimate of drug-likeness (QED) is 0.152. The zero-order chi connectivity index (χ0) is 55.0. The number of benzene rings is 12. The van der Waals surface area contributed by atoms with Crippen LogP contribution in [0.2, 0.25) is 0 Å². The predicted molar refractivity (Wildman–Crippen MR) is 339 cm³/mol. The molecule has 12 aromatic carbocycles. The van der Waals surface area contributed by atoms with E-state index in [1.54, 1.807) is 0 Å². The van der Waals surface area contributed by atoms with E-state index in [0.717, 1.165) is 106 Å². The van der Waals surface area contributed by atoms with Crippen molar-refractivity contribution < 1.29 is 13.6 Å². The Morgan fingerprint density at radius 2 is 0.723 bits per heavy atom. The van der Waals surface area contributed by atoms with Gasteiger partial charge in [-0.3, -0.25) is 0 Å². The van der Waals surface area contributed by atoms with Crippen LogP contribution in [-0.4, -0.2) is 0 Å². The first kappa shape index (κ1) is 47.2. The van der Waals surface area contributed by atoms with E-state index in [1.165, 1.54) is 44.5 Å². The van der Waals surface area contributed by atoms with Crippen LogP contribution < -0.4 is 14.5 Å². The van der Waals surface area contributed by atoms with Crippen LogP contribution in [0.25, 0.3) is 77.4 Å². The molecule has 1 spiro atoms. The molecule has 0 radical (unpaired) electrons. The maximum atomic E-state index is 7.59. The summed E-state index contributed by atoms with van der Waals surface area (Å²) in [5.41, 5.74) is 23.0. The predicted octanol–water partition coefficient (Wildman–Crippen LogP) is 21.4. The molecule has 392 valence electrons. The molecule has 5 heteroatoms. The number of hydrogen-bond donors (Lipinski definition) is 0. The van der Waals surface area contributed by atoms with Gasteiger partial charge in [-0.05, 0) is 152 Å². The molecular weight excluding hydrogens is 1010 g/mol. The highest BCUT2D eigenvalue weighted by Crippen LogP contribution is 2.65. The molecule has 0 amide bonds. The van der Waals surface area contributed by atoms with Crippen LogP contribution in [0, 0.1) is 0 Å². The molecule has 17 rings (SSSR count). The fourth-order valence-corrected chi connectivity index (χ4v) is 14.0. The lowest BCUT2D eigenvalue weighted by molar-refractivity contribution is 0.389. The van der Waals surface area contributed by atoms with Crippen LogP contribution >= 0.6 is 0 Å². The fourth-order valence-electron chi connectivity index (χ4n) is 14.0. The number of ether oxygens (including phenoxy) is 1. The van der Waals surface area contributed by atoms with Crippen LogP contribution in [0.15, 0.2) is 288 Å². The van der Waals surface area contributed by atoms with Crippen LogP contribution in [0.5, 0.6) is 11.5 Å².